The van der Waals surface area contributed by atoms with Crippen molar-refractivity contribution in [2.45, 2.75) is 97.2 Å². The highest BCUT2D eigenvalue weighted by molar-refractivity contribution is 6.01. The topological polar surface area (TPSA) is 150 Å². The number of anilines is 1. The molecule has 1 aromatic carbocycles. The van der Waals surface area contributed by atoms with Crippen LogP contribution in [0.25, 0.3) is 0 Å². The number of carbonyl (C=O) groups excluding carboxylic acids is 4. The van der Waals surface area contributed by atoms with E-state index in [-0.39, 0.29) is 41.6 Å². The Labute approximate surface area is 270 Å². The highest BCUT2D eigenvalue weighted by atomic mass is 19.1. The minimum atomic E-state index is -0.920. The summed E-state index contributed by atoms with van der Waals surface area (Å²) >= 11 is 0. The van der Waals surface area contributed by atoms with Crippen molar-refractivity contribution in [2.24, 2.45) is 11.8 Å². The monoisotopic (exact) mass is 641 g/mol. The first kappa shape index (κ1) is 35.0. The van der Waals surface area contributed by atoms with Gasteiger partial charge in [0.15, 0.2) is 5.69 Å². The van der Waals surface area contributed by atoms with Crippen LogP contribution in [0.1, 0.15) is 94.4 Å². The summed E-state index contributed by atoms with van der Waals surface area (Å²) < 4.78 is 20.4. The smallest absolute Gasteiger partial charge is 0.276 e. The molecule has 0 spiro atoms. The van der Waals surface area contributed by atoms with E-state index in [1.165, 1.54) is 12.1 Å². The second-order valence-electron chi connectivity index (χ2n) is 12.9. The highest BCUT2D eigenvalue weighted by Gasteiger charge is 2.36. The molecule has 1 saturated heterocycles. The number of halogens is 1. The van der Waals surface area contributed by atoms with Crippen molar-refractivity contribution in [3.05, 3.63) is 41.0 Å². The van der Waals surface area contributed by atoms with E-state index in [1.54, 1.807) is 24.8 Å². The molecule has 1 aliphatic heterocycles. The number of benzene rings is 1. The Morgan fingerprint density at radius 2 is 1.76 bits per heavy atom. The molecule has 1 aromatic heterocycles. The first-order chi connectivity index (χ1) is 21.9. The number of carbonyl (C=O) groups is 4. The minimum Gasteiger partial charge on any atom is -0.344 e. The number of hydrogen-bond donors (Lipinski definition) is 3. The molecule has 13 heteroatoms. The van der Waals surface area contributed by atoms with Gasteiger partial charge in [-0.05, 0) is 67.9 Å². The molecule has 1 saturated carbocycles. The van der Waals surface area contributed by atoms with Gasteiger partial charge in [0.1, 0.15) is 23.6 Å². The number of rotatable bonds is 11. The number of amides is 4. The van der Waals surface area contributed by atoms with Crippen molar-refractivity contribution in [3.63, 3.8) is 0 Å². The van der Waals surface area contributed by atoms with Gasteiger partial charge in [0.2, 0.25) is 17.7 Å². The molecule has 0 radical (unpaired) electrons. The predicted octanol–water partition coefficient (Wildman–Crippen LogP) is 3.50. The maximum Gasteiger partial charge on any atom is 0.276 e. The SMILES string of the molecule is CCC(=O)N[C@@H](C(=O)N1CCN(C)[C@@H](C)C1)[C@@H](C)c1ccc(NC(=O)[C@@H](NC(=O)c2nonc2CC)[C@H]2CC[C@H](C)CC2)c(F)c1. The lowest BCUT2D eigenvalue weighted by molar-refractivity contribution is -0.139. The summed E-state index contributed by atoms with van der Waals surface area (Å²) in [4.78, 5) is 56.8. The molecule has 0 bridgehead atoms. The number of hydrogen-bond acceptors (Lipinski definition) is 8. The van der Waals surface area contributed by atoms with E-state index in [1.807, 2.05) is 20.9 Å². The normalized spacial score (nSPS) is 22.4. The molecule has 2 aromatic rings. The van der Waals surface area contributed by atoms with Gasteiger partial charge < -0.3 is 25.8 Å². The predicted molar refractivity (Wildman–Crippen MR) is 170 cm³/mol. The van der Waals surface area contributed by atoms with Crippen LogP contribution < -0.4 is 16.0 Å². The Hall–Kier alpha value is -3.87. The van der Waals surface area contributed by atoms with Crippen LogP contribution in [-0.2, 0) is 20.8 Å². The second-order valence-corrected chi connectivity index (χ2v) is 12.9. The molecule has 2 aliphatic rings. The maximum absolute atomic E-state index is 15.6. The van der Waals surface area contributed by atoms with E-state index in [0.717, 1.165) is 32.2 Å². The van der Waals surface area contributed by atoms with E-state index in [2.05, 4.69) is 38.1 Å². The van der Waals surface area contributed by atoms with Crippen molar-refractivity contribution < 1.29 is 28.2 Å². The summed E-state index contributed by atoms with van der Waals surface area (Å²) in [5.41, 5.74) is 0.872. The third-order valence-electron chi connectivity index (χ3n) is 9.66. The van der Waals surface area contributed by atoms with Crippen LogP contribution in [0.5, 0.6) is 0 Å². The molecule has 252 valence electrons. The van der Waals surface area contributed by atoms with E-state index in [9.17, 15) is 19.2 Å². The third kappa shape index (κ3) is 8.28. The van der Waals surface area contributed by atoms with E-state index >= 15 is 4.39 Å². The minimum absolute atomic E-state index is 0.0271. The van der Waals surface area contributed by atoms with Gasteiger partial charge in [-0.1, -0.05) is 51.8 Å². The van der Waals surface area contributed by atoms with Crippen molar-refractivity contribution in [1.29, 1.82) is 0 Å². The highest BCUT2D eigenvalue weighted by Crippen LogP contribution is 2.32. The first-order valence-corrected chi connectivity index (χ1v) is 16.4. The van der Waals surface area contributed by atoms with Crippen LogP contribution in [-0.4, -0.2) is 88.5 Å². The standard InChI is InChI=1S/C33H48FN7O5/c1-7-25-30(39-46-38-25)32(44)37-29(22-11-9-19(3)10-12-22)31(43)35-26-14-13-23(17-24(26)34)21(5)28(36-27(42)8-2)33(45)41-16-15-40(6)20(4)18-41/h13-14,17,19-22,28-29H,7-12,15-16,18H2,1-6H3,(H,35,43)(H,36,42)(H,37,44)/t19-,20-,21-,22-,28+,29-/m0/s1. The maximum atomic E-state index is 15.6. The van der Waals surface area contributed by atoms with Gasteiger partial charge in [-0.15, -0.1) is 0 Å². The zero-order chi connectivity index (χ0) is 33.5. The zero-order valence-electron chi connectivity index (χ0n) is 27.8. The fraction of sp³-hybridized carbons (Fsp3) is 0.636. The summed E-state index contributed by atoms with van der Waals surface area (Å²) in [5, 5.41) is 15.8. The average Bonchev–Trinajstić information content (AvgIpc) is 3.53. The van der Waals surface area contributed by atoms with Crippen LogP contribution in [0.4, 0.5) is 10.1 Å². The van der Waals surface area contributed by atoms with E-state index in [4.69, 9.17) is 4.63 Å². The number of aromatic nitrogens is 2. The molecule has 3 N–H and O–H groups in total. The summed E-state index contributed by atoms with van der Waals surface area (Å²) in [6.07, 6.45) is 3.95. The van der Waals surface area contributed by atoms with Gasteiger partial charge in [0.25, 0.3) is 5.91 Å². The van der Waals surface area contributed by atoms with Crippen molar-refractivity contribution in [3.8, 4) is 0 Å². The number of piperazine rings is 1. The van der Waals surface area contributed by atoms with Crippen LogP contribution >= 0.6 is 0 Å². The lowest BCUT2D eigenvalue weighted by atomic mass is 9.79. The Bertz CT molecular complexity index is 1390. The van der Waals surface area contributed by atoms with Gasteiger partial charge in [0, 0.05) is 38.0 Å². The van der Waals surface area contributed by atoms with E-state index < -0.39 is 35.6 Å². The molecular formula is C33H48FN7O5. The average molecular weight is 642 g/mol. The van der Waals surface area contributed by atoms with Crippen LogP contribution in [0.15, 0.2) is 22.8 Å². The van der Waals surface area contributed by atoms with Gasteiger partial charge in [-0.25, -0.2) is 9.02 Å². The summed E-state index contributed by atoms with van der Waals surface area (Å²) in [5.74, 6) is -2.43. The van der Waals surface area contributed by atoms with Crippen molar-refractivity contribution >= 4 is 29.3 Å². The lowest BCUT2D eigenvalue weighted by Crippen LogP contribution is -2.58. The largest absolute Gasteiger partial charge is 0.344 e. The molecule has 2 heterocycles. The van der Waals surface area contributed by atoms with Crippen LogP contribution in [0.2, 0.25) is 0 Å². The van der Waals surface area contributed by atoms with Crippen molar-refractivity contribution in [2.75, 3.05) is 32.0 Å². The number of nitrogens with zero attached hydrogens (tertiary/aromatic N) is 4. The van der Waals surface area contributed by atoms with Crippen LogP contribution in [0, 0.1) is 17.7 Å². The number of aryl methyl sites for hydroxylation is 1. The third-order valence-corrected chi connectivity index (χ3v) is 9.66. The molecule has 0 unspecified atom stereocenters. The summed E-state index contributed by atoms with van der Waals surface area (Å²) in [6, 6.07) is 2.77. The number of nitrogens with one attached hydrogen (secondary N) is 3. The first-order valence-electron chi connectivity index (χ1n) is 16.4. The summed E-state index contributed by atoms with van der Waals surface area (Å²) in [7, 11) is 2.01. The summed E-state index contributed by atoms with van der Waals surface area (Å²) in [6.45, 7) is 11.3. The fourth-order valence-electron chi connectivity index (χ4n) is 6.28. The molecular weight excluding hydrogens is 593 g/mol. The van der Waals surface area contributed by atoms with Gasteiger partial charge >= 0.3 is 0 Å². The molecule has 1 aliphatic carbocycles. The molecule has 46 heavy (non-hydrogen) atoms. The Balaban J connectivity index is 1.52. The zero-order valence-corrected chi connectivity index (χ0v) is 27.8. The Kier molecular flexibility index (Phi) is 11.9. The molecule has 4 atom stereocenters. The quantitative estimate of drug-likeness (QED) is 0.338. The Morgan fingerprint density at radius 3 is 2.39 bits per heavy atom. The lowest BCUT2D eigenvalue weighted by Gasteiger charge is -2.40. The van der Waals surface area contributed by atoms with Crippen LogP contribution in [0.3, 0.4) is 0 Å². The van der Waals surface area contributed by atoms with Crippen molar-refractivity contribution in [1.82, 2.24) is 30.7 Å². The molecule has 4 rings (SSSR count). The second kappa shape index (κ2) is 15.6. The van der Waals surface area contributed by atoms with Gasteiger partial charge in [-0.3, -0.25) is 19.2 Å². The molecule has 4 amide bonds. The van der Waals surface area contributed by atoms with E-state index in [0.29, 0.717) is 36.7 Å². The number of likely N-dealkylation sites (N-methyl/N-ethyl adjacent to an activating group) is 1. The molecule has 12 nitrogen and oxygen atoms in total. The molecule has 2 fully saturated rings. The fourth-order valence-corrected chi connectivity index (χ4v) is 6.28. The van der Waals surface area contributed by atoms with Gasteiger partial charge in [0.05, 0.1) is 5.69 Å². The van der Waals surface area contributed by atoms with Gasteiger partial charge in [-0.2, -0.15) is 0 Å². The Morgan fingerprint density at radius 1 is 1.04 bits per heavy atom.